The zero-order valence-electron chi connectivity index (χ0n) is 26.9. The molecule has 0 radical (unpaired) electrons. The SMILES string of the molecule is Cc1c2ccccc2c(-c2c3ccccc3c(C)c3ccccc23)c2ccccc12.Cc1ccc2cc3cc(C)ccc3cc2c1. The predicted octanol–water partition coefficient (Wildman–Crippen LogP) is 13.2. The summed E-state index contributed by atoms with van der Waals surface area (Å²) in [5.41, 5.74) is 8.03. The Bertz CT molecular complexity index is 2320. The van der Waals surface area contributed by atoms with Crippen molar-refractivity contribution in [2.24, 2.45) is 0 Å². The number of rotatable bonds is 1. The Balaban J connectivity index is 0.000000164. The second kappa shape index (κ2) is 11.2. The molecule has 9 aromatic carbocycles. The molecule has 0 unspecified atom stereocenters. The summed E-state index contributed by atoms with van der Waals surface area (Å²) in [4.78, 5) is 0. The van der Waals surface area contributed by atoms with E-state index in [2.05, 4.69) is 173 Å². The Labute approximate surface area is 270 Å². The third-order valence-electron chi connectivity index (χ3n) is 9.76. The van der Waals surface area contributed by atoms with Crippen LogP contribution >= 0.6 is 0 Å². The molecule has 220 valence electrons. The molecule has 0 aromatic heterocycles. The van der Waals surface area contributed by atoms with E-state index in [0.717, 1.165) is 0 Å². The van der Waals surface area contributed by atoms with E-state index in [9.17, 15) is 0 Å². The van der Waals surface area contributed by atoms with Crippen LogP contribution in [0.3, 0.4) is 0 Å². The molecule has 0 fully saturated rings. The first-order chi connectivity index (χ1) is 22.5. The fourth-order valence-corrected chi connectivity index (χ4v) is 7.47. The summed E-state index contributed by atoms with van der Waals surface area (Å²) in [6.07, 6.45) is 0. The van der Waals surface area contributed by atoms with Crippen LogP contribution in [0.4, 0.5) is 0 Å². The Hall–Kier alpha value is -5.46. The summed E-state index contributed by atoms with van der Waals surface area (Å²) in [5.74, 6) is 0. The maximum atomic E-state index is 2.29. The number of aryl methyl sites for hydroxylation is 4. The van der Waals surface area contributed by atoms with Crippen LogP contribution in [0.5, 0.6) is 0 Å². The van der Waals surface area contributed by atoms with Crippen molar-refractivity contribution in [3.8, 4) is 11.1 Å². The minimum absolute atomic E-state index is 1.32. The number of hydrogen-bond donors (Lipinski definition) is 0. The number of hydrogen-bond acceptors (Lipinski definition) is 0. The molecule has 9 aromatic rings. The van der Waals surface area contributed by atoms with Gasteiger partial charge in [0.1, 0.15) is 0 Å². The van der Waals surface area contributed by atoms with E-state index in [1.807, 2.05) is 0 Å². The molecule has 0 heterocycles. The summed E-state index contributed by atoms with van der Waals surface area (Å²) in [5, 5.41) is 15.9. The average Bonchev–Trinajstić information content (AvgIpc) is 3.09. The zero-order chi connectivity index (χ0) is 31.4. The molecule has 0 aliphatic carbocycles. The lowest BCUT2D eigenvalue weighted by atomic mass is 9.83. The lowest BCUT2D eigenvalue weighted by molar-refractivity contribution is 1.50. The first-order valence-corrected chi connectivity index (χ1v) is 16.2. The van der Waals surface area contributed by atoms with Crippen LogP contribution in [0.25, 0.3) is 75.8 Å². The van der Waals surface area contributed by atoms with Crippen LogP contribution in [0, 0.1) is 27.7 Å². The maximum Gasteiger partial charge on any atom is -0.00141 e. The van der Waals surface area contributed by atoms with E-state index in [1.165, 1.54) is 98.0 Å². The molecule has 0 spiro atoms. The standard InChI is InChI=1S/C30H22.C16H14/c1-19-21-11-3-7-15-25(21)29(26-16-8-4-12-22(19)26)30-27-17-9-5-13-23(27)20(2)24-14-6-10-18-28(24)30;1-11-3-5-13-10-16-8-12(2)4-6-14(16)9-15(13)7-11/h3-18H,1-2H3;3-10H,1-2H3. The van der Waals surface area contributed by atoms with E-state index >= 15 is 0 Å². The molecule has 0 amide bonds. The van der Waals surface area contributed by atoms with Crippen LogP contribution in [0.15, 0.2) is 146 Å². The van der Waals surface area contributed by atoms with Gasteiger partial charge < -0.3 is 0 Å². The molecule has 9 rings (SSSR count). The summed E-state index contributed by atoms with van der Waals surface area (Å²) < 4.78 is 0. The van der Waals surface area contributed by atoms with Gasteiger partial charge in [0.2, 0.25) is 0 Å². The van der Waals surface area contributed by atoms with Gasteiger partial charge in [-0.25, -0.2) is 0 Å². The lowest BCUT2D eigenvalue weighted by Gasteiger charge is -2.20. The topological polar surface area (TPSA) is 0 Å². The van der Waals surface area contributed by atoms with Gasteiger partial charge in [-0.15, -0.1) is 0 Å². The van der Waals surface area contributed by atoms with Gasteiger partial charge in [0.15, 0.2) is 0 Å². The van der Waals surface area contributed by atoms with E-state index in [0.29, 0.717) is 0 Å². The van der Waals surface area contributed by atoms with Gasteiger partial charge in [0, 0.05) is 0 Å². The van der Waals surface area contributed by atoms with Crippen LogP contribution in [0.1, 0.15) is 22.3 Å². The molecule has 0 aliphatic heterocycles. The monoisotopic (exact) mass is 588 g/mol. The van der Waals surface area contributed by atoms with Crippen molar-refractivity contribution < 1.29 is 0 Å². The molecule has 0 aliphatic rings. The summed E-state index contributed by atoms with van der Waals surface area (Å²) >= 11 is 0. The fraction of sp³-hybridized carbons (Fsp3) is 0.0870. The largest absolute Gasteiger partial charge is 0.0616 e. The molecule has 46 heavy (non-hydrogen) atoms. The molecular formula is C46H36. The van der Waals surface area contributed by atoms with E-state index in [1.54, 1.807) is 0 Å². The van der Waals surface area contributed by atoms with Crippen LogP contribution in [-0.4, -0.2) is 0 Å². The van der Waals surface area contributed by atoms with Gasteiger partial charge >= 0.3 is 0 Å². The van der Waals surface area contributed by atoms with Crippen molar-refractivity contribution in [3.05, 3.63) is 168 Å². The molecule has 0 atom stereocenters. The lowest BCUT2D eigenvalue weighted by Crippen LogP contribution is -1.93. The third-order valence-corrected chi connectivity index (χ3v) is 9.76. The summed E-state index contributed by atoms with van der Waals surface area (Å²) in [7, 11) is 0. The van der Waals surface area contributed by atoms with Crippen molar-refractivity contribution in [1.82, 2.24) is 0 Å². The molecule has 0 nitrogen and oxygen atoms in total. The van der Waals surface area contributed by atoms with E-state index in [-0.39, 0.29) is 0 Å². The Morgan fingerprint density at radius 2 is 0.543 bits per heavy atom. The molecule has 0 N–H and O–H groups in total. The van der Waals surface area contributed by atoms with Crippen molar-refractivity contribution in [1.29, 1.82) is 0 Å². The van der Waals surface area contributed by atoms with Gasteiger partial charge in [-0.2, -0.15) is 0 Å². The Morgan fingerprint density at radius 1 is 0.261 bits per heavy atom. The van der Waals surface area contributed by atoms with Gasteiger partial charge in [0.05, 0.1) is 0 Å². The molecule has 0 saturated heterocycles. The minimum Gasteiger partial charge on any atom is -0.0616 e. The van der Waals surface area contributed by atoms with Gasteiger partial charge in [0.25, 0.3) is 0 Å². The van der Waals surface area contributed by atoms with Gasteiger partial charge in [-0.05, 0) is 127 Å². The quantitative estimate of drug-likeness (QED) is 0.167. The molecule has 0 bridgehead atoms. The first kappa shape index (κ1) is 28.0. The highest BCUT2D eigenvalue weighted by molar-refractivity contribution is 6.25. The van der Waals surface area contributed by atoms with Crippen LogP contribution in [0.2, 0.25) is 0 Å². The Kier molecular flexibility index (Phi) is 6.80. The van der Waals surface area contributed by atoms with Gasteiger partial charge in [-0.1, -0.05) is 145 Å². The third kappa shape index (κ3) is 4.61. The smallest absolute Gasteiger partial charge is 0.00141 e. The highest BCUT2D eigenvalue weighted by atomic mass is 14.2. The van der Waals surface area contributed by atoms with Crippen LogP contribution in [-0.2, 0) is 0 Å². The van der Waals surface area contributed by atoms with Crippen molar-refractivity contribution in [2.75, 3.05) is 0 Å². The van der Waals surface area contributed by atoms with Gasteiger partial charge in [-0.3, -0.25) is 0 Å². The van der Waals surface area contributed by atoms with Crippen molar-refractivity contribution in [2.45, 2.75) is 27.7 Å². The average molecular weight is 589 g/mol. The highest BCUT2D eigenvalue weighted by Crippen LogP contribution is 2.45. The van der Waals surface area contributed by atoms with E-state index < -0.39 is 0 Å². The van der Waals surface area contributed by atoms with Crippen molar-refractivity contribution >= 4 is 64.6 Å². The minimum atomic E-state index is 1.32. The second-order valence-corrected chi connectivity index (χ2v) is 12.7. The normalized spacial score (nSPS) is 11.5. The molecular weight excluding hydrogens is 553 g/mol. The summed E-state index contributed by atoms with van der Waals surface area (Å²) in [6, 6.07) is 53.2. The number of fused-ring (bicyclic) bond motifs is 6. The Morgan fingerprint density at radius 3 is 0.848 bits per heavy atom. The maximum absolute atomic E-state index is 2.29. The highest BCUT2D eigenvalue weighted by Gasteiger charge is 2.18. The van der Waals surface area contributed by atoms with Crippen molar-refractivity contribution in [3.63, 3.8) is 0 Å². The number of benzene rings is 9. The second-order valence-electron chi connectivity index (χ2n) is 12.7. The predicted molar refractivity (Wildman–Crippen MR) is 202 cm³/mol. The molecule has 0 heteroatoms. The fourth-order valence-electron chi connectivity index (χ4n) is 7.47. The van der Waals surface area contributed by atoms with Crippen LogP contribution < -0.4 is 0 Å². The first-order valence-electron chi connectivity index (χ1n) is 16.2. The zero-order valence-corrected chi connectivity index (χ0v) is 26.9. The van der Waals surface area contributed by atoms with E-state index in [4.69, 9.17) is 0 Å². The molecule has 0 saturated carbocycles. The summed E-state index contributed by atoms with van der Waals surface area (Å²) in [6.45, 7) is 8.77.